The Morgan fingerprint density at radius 1 is 1.41 bits per heavy atom. The van der Waals surface area contributed by atoms with Gasteiger partial charge < -0.3 is 5.32 Å². The van der Waals surface area contributed by atoms with E-state index in [1.54, 1.807) is 11.3 Å². The van der Waals surface area contributed by atoms with Crippen molar-refractivity contribution in [3.8, 4) is 0 Å². The van der Waals surface area contributed by atoms with E-state index < -0.39 is 0 Å². The molecule has 1 amide bonds. The number of rotatable bonds is 3. The second-order valence-corrected chi connectivity index (χ2v) is 5.01. The molecule has 0 radical (unpaired) electrons. The second-order valence-electron chi connectivity index (χ2n) is 3.95. The molecule has 0 atom stereocenters. The van der Waals surface area contributed by atoms with E-state index in [2.05, 4.69) is 10.3 Å². The van der Waals surface area contributed by atoms with Gasteiger partial charge in [-0.1, -0.05) is 12.1 Å². The predicted molar refractivity (Wildman–Crippen MR) is 70.4 cm³/mol. The van der Waals surface area contributed by atoms with E-state index in [1.165, 1.54) is 0 Å². The van der Waals surface area contributed by atoms with Crippen molar-refractivity contribution in [3.05, 3.63) is 45.9 Å². The molecule has 1 aromatic carbocycles. The Morgan fingerprint density at radius 2 is 2.24 bits per heavy atom. The zero-order valence-corrected chi connectivity index (χ0v) is 10.7. The maximum atomic E-state index is 11.8. The Balaban J connectivity index is 1.98. The van der Waals surface area contributed by atoms with Gasteiger partial charge in [-0.3, -0.25) is 4.79 Å². The number of benzene rings is 1. The number of nitrogens with zero attached hydrogens (tertiary/aromatic N) is 1. The Kier molecular flexibility index (Phi) is 3.54. The molecule has 1 N–H and O–H groups in total. The van der Waals surface area contributed by atoms with Crippen LogP contribution in [-0.4, -0.2) is 10.9 Å². The lowest BCUT2D eigenvalue weighted by atomic mass is 10.2. The van der Waals surface area contributed by atoms with Gasteiger partial charge in [0.2, 0.25) is 5.91 Å². The molecule has 88 valence electrons. The third-order valence-corrected chi connectivity index (χ3v) is 3.13. The van der Waals surface area contributed by atoms with Crippen molar-refractivity contribution in [3.63, 3.8) is 0 Å². The Labute approximate surface area is 105 Å². The lowest BCUT2D eigenvalue weighted by molar-refractivity contribution is -0.115. The van der Waals surface area contributed by atoms with Crippen molar-refractivity contribution in [2.75, 3.05) is 5.32 Å². The maximum absolute atomic E-state index is 11.8. The summed E-state index contributed by atoms with van der Waals surface area (Å²) < 4.78 is 0. The van der Waals surface area contributed by atoms with Gasteiger partial charge in [0, 0.05) is 11.1 Å². The van der Waals surface area contributed by atoms with Gasteiger partial charge in [-0.05, 0) is 31.5 Å². The van der Waals surface area contributed by atoms with Gasteiger partial charge in [-0.2, -0.15) is 0 Å². The molecule has 3 nitrogen and oxygen atoms in total. The van der Waals surface area contributed by atoms with E-state index >= 15 is 0 Å². The zero-order chi connectivity index (χ0) is 12.3. The fourth-order valence-corrected chi connectivity index (χ4v) is 2.19. The van der Waals surface area contributed by atoms with Crippen LogP contribution in [0.3, 0.4) is 0 Å². The lowest BCUT2D eigenvalue weighted by Crippen LogP contribution is -2.14. The average Bonchev–Trinajstić information content (AvgIpc) is 2.63. The molecule has 2 aromatic rings. The second kappa shape index (κ2) is 5.10. The number of anilines is 1. The Hall–Kier alpha value is -1.68. The smallest absolute Gasteiger partial charge is 0.230 e. The molecule has 0 saturated heterocycles. The highest BCUT2D eigenvalue weighted by molar-refractivity contribution is 7.09. The van der Waals surface area contributed by atoms with Gasteiger partial charge in [0.05, 0.1) is 17.1 Å². The quantitative estimate of drug-likeness (QED) is 0.904. The summed E-state index contributed by atoms with van der Waals surface area (Å²) in [5.74, 6) is -0.0269. The molecule has 0 bridgehead atoms. The summed E-state index contributed by atoms with van der Waals surface area (Å²) in [6, 6.07) is 7.76. The topological polar surface area (TPSA) is 42.0 Å². The number of aromatic nitrogens is 1. The summed E-state index contributed by atoms with van der Waals surface area (Å²) in [5, 5.41) is 5.78. The molecule has 17 heavy (non-hydrogen) atoms. The molecule has 2 rings (SSSR count). The van der Waals surface area contributed by atoms with Crippen LogP contribution in [0.2, 0.25) is 0 Å². The maximum Gasteiger partial charge on any atom is 0.230 e. The van der Waals surface area contributed by atoms with Gasteiger partial charge in [0.15, 0.2) is 0 Å². The molecule has 0 aliphatic carbocycles. The minimum atomic E-state index is -0.0269. The standard InChI is InChI=1S/C13H14N2OS/c1-9-4-3-5-11(6-9)15-13(16)7-12-8-17-10(2)14-12/h3-6,8H,7H2,1-2H3,(H,15,16). The highest BCUT2D eigenvalue weighted by Gasteiger charge is 2.06. The van der Waals surface area contributed by atoms with Crippen LogP contribution in [0, 0.1) is 13.8 Å². The summed E-state index contributed by atoms with van der Waals surface area (Å²) in [6.45, 7) is 3.94. The largest absolute Gasteiger partial charge is 0.326 e. The van der Waals surface area contributed by atoms with Gasteiger partial charge in [0.1, 0.15) is 0 Å². The highest BCUT2D eigenvalue weighted by Crippen LogP contribution is 2.12. The van der Waals surface area contributed by atoms with Crippen LogP contribution in [-0.2, 0) is 11.2 Å². The third-order valence-electron chi connectivity index (χ3n) is 2.31. The van der Waals surface area contributed by atoms with E-state index in [1.807, 2.05) is 43.5 Å². The lowest BCUT2D eigenvalue weighted by Gasteiger charge is -2.04. The molecule has 0 unspecified atom stereocenters. The van der Waals surface area contributed by atoms with Gasteiger partial charge in [-0.15, -0.1) is 11.3 Å². The number of thiazole rings is 1. The minimum Gasteiger partial charge on any atom is -0.326 e. The van der Waals surface area contributed by atoms with Crippen LogP contribution in [0.25, 0.3) is 0 Å². The Morgan fingerprint density at radius 3 is 2.88 bits per heavy atom. The number of amides is 1. The molecule has 4 heteroatoms. The summed E-state index contributed by atoms with van der Waals surface area (Å²) in [7, 11) is 0. The van der Waals surface area contributed by atoms with E-state index in [9.17, 15) is 4.79 Å². The highest BCUT2D eigenvalue weighted by atomic mass is 32.1. The van der Waals surface area contributed by atoms with Gasteiger partial charge in [-0.25, -0.2) is 4.98 Å². The first kappa shape index (κ1) is 11.8. The summed E-state index contributed by atoms with van der Waals surface area (Å²) in [6.07, 6.45) is 0.332. The van der Waals surface area contributed by atoms with E-state index in [4.69, 9.17) is 0 Å². The number of hydrogen-bond acceptors (Lipinski definition) is 3. The molecule has 1 aromatic heterocycles. The van der Waals surface area contributed by atoms with Crippen molar-refractivity contribution in [2.24, 2.45) is 0 Å². The molecule has 0 aliphatic rings. The van der Waals surface area contributed by atoms with Crippen LogP contribution >= 0.6 is 11.3 Å². The molecule has 0 aliphatic heterocycles. The normalized spacial score (nSPS) is 10.2. The summed E-state index contributed by atoms with van der Waals surface area (Å²) in [5.41, 5.74) is 2.80. The third kappa shape index (κ3) is 3.39. The Bertz CT molecular complexity index is 534. The fraction of sp³-hybridized carbons (Fsp3) is 0.231. The van der Waals surface area contributed by atoms with Crippen LogP contribution in [0.15, 0.2) is 29.6 Å². The number of aryl methyl sites for hydroxylation is 2. The molecule has 0 saturated carbocycles. The first-order valence-corrected chi connectivity index (χ1v) is 6.29. The van der Waals surface area contributed by atoms with Crippen molar-refractivity contribution >= 4 is 22.9 Å². The molecule has 0 spiro atoms. The average molecular weight is 246 g/mol. The number of carbonyl (C=O) groups excluding carboxylic acids is 1. The first-order chi connectivity index (χ1) is 8.13. The minimum absolute atomic E-state index is 0.0269. The van der Waals surface area contributed by atoms with E-state index in [0.717, 1.165) is 22.0 Å². The number of carbonyl (C=O) groups is 1. The fourth-order valence-electron chi connectivity index (χ4n) is 1.58. The monoisotopic (exact) mass is 246 g/mol. The van der Waals surface area contributed by atoms with Gasteiger partial charge >= 0.3 is 0 Å². The molecular weight excluding hydrogens is 232 g/mol. The van der Waals surface area contributed by atoms with E-state index in [-0.39, 0.29) is 5.91 Å². The van der Waals surface area contributed by atoms with Crippen molar-refractivity contribution in [1.29, 1.82) is 0 Å². The van der Waals surface area contributed by atoms with Crippen LogP contribution in [0.5, 0.6) is 0 Å². The van der Waals surface area contributed by atoms with Crippen LogP contribution < -0.4 is 5.32 Å². The molecular formula is C13H14N2OS. The summed E-state index contributed by atoms with van der Waals surface area (Å²) >= 11 is 1.56. The predicted octanol–water partition coefficient (Wildman–Crippen LogP) is 2.94. The zero-order valence-electron chi connectivity index (χ0n) is 9.86. The first-order valence-electron chi connectivity index (χ1n) is 5.41. The summed E-state index contributed by atoms with van der Waals surface area (Å²) in [4.78, 5) is 16.0. The SMILES string of the molecule is Cc1cccc(NC(=O)Cc2csc(C)n2)c1. The van der Waals surface area contributed by atoms with Crippen molar-refractivity contribution in [2.45, 2.75) is 20.3 Å². The van der Waals surface area contributed by atoms with Gasteiger partial charge in [0.25, 0.3) is 0 Å². The van der Waals surface area contributed by atoms with Crippen LogP contribution in [0.4, 0.5) is 5.69 Å². The van der Waals surface area contributed by atoms with Crippen molar-refractivity contribution in [1.82, 2.24) is 4.98 Å². The van der Waals surface area contributed by atoms with E-state index in [0.29, 0.717) is 6.42 Å². The number of nitrogens with one attached hydrogen (secondary N) is 1. The van der Waals surface area contributed by atoms with Crippen molar-refractivity contribution < 1.29 is 4.79 Å². The van der Waals surface area contributed by atoms with Crippen LogP contribution in [0.1, 0.15) is 16.3 Å². The molecule has 0 fully saturated rings. The molecule has 1 heterocycles. The number of hydrogen-bond donors (Lipinski definition) is 1.